The number of benzene rings is 2. The van der Waals surface area contributed by atoms with Gasteiger partial charge in [0.2, 0.25) is 5.91 Å². The number of aryl methyl sites for hydroxylation is 1. The molecule has 1 heterocycles. The second-order valence-corrected chi connectivity index (χ2v) is 6.74. The largest absolute Gasteiger partial charge is 0.304 e. The molecule has 5 heteroatoms. The minimum atomic E-state index is -0.191. The Morgan fingerprint density at radius 2 is 1.91 bits per heavy atom. The Labute approximate surface area is 138 Å². The van der Waals surface area contributed by atoms with Gasteiger partial charge in [0, 0.05) is 5.02 Å². The predicted molar refractivity (Wildman–Crippen MR) is 93.0 cm³/mol. The molecule has 0 saturated carbocycles. The Morgan fingerprint density at radius 1 is 1.18 bits per heavy atom. The van der Waals surface area contributed by atoms with E-state index in [0.717, 1.165) is 11.3 Å². The van der Waals surface area contributed by atoms with Crippen molar-refractivity contribution < 1.29 is 4.79 Å². The van der Waals surface area contributed by atoms with Crippen LogP contribution in [0.1, 0.15) is 11.1 Å². The van der Waals surface area contributed by atoms with E-state index in [2.05, 4.69) is 10.3 Å². The van der Waals surface area contributed by atoms with Crippen molar-refractivity contribution in [2.24, 2.45) is 4.99 Å². The van der Waals surface area contributed by atoms with Gasteiger partial charge in [0.05, 0.1) is 10.9 Å². The normalized spacial score (nSPS) is 19.5. The van der Waals surface area contributed by atoms with E-state index in [-0.39, 0.29) is 11.2 Å². The second-order valence-electron chi connectivity index (χ2n) is 5.14. The van der Waals surface area contributed by atoms with Gasteiger partial charge in [-0.3, -0.25) is 4.79 Å². The van der Waals surface area contributed by atoms with Crippen molar-refractivity contribution in [3.8, 4) is 0 Å². The van der Waals surface area contributed by atoms with Crippen LogP contribution in [-0.4, -0.2) is 16.3 Å². The molecule has 0 spiro atoms. The van der Waals surface area contributed by atoms with Gasteiger partial charge in [0.15, 0.2) is 5.17 Å². The summed E-state index contributed by atoms with van der Waals surface area (Å²) in [5.74, 6) is -0.0178. The van der Waals surface area contributed by atoms with Gasteiger partial charge >= 0.3 is 0 Å². The van der Waals surface area contributed by atoms with Crippen LogP contribution < -0.4 is 5.32 Å². The zero-order chi connectivity index (χ0) is 15.5. The van der Waals surface area contributed by atoms with Gasteiger partial charge < -0.3 is 5.32 Å². The summed E-state index contributed by atoms with van der Waals surface area (Å²) < 4.78 is 0. The van der Waals surface area contributed by atoms with Crippen molar-refractivity contribution in [1.29, 1.82) is 0 Å². The molecular formula is C17H15ClN2OS. The summed E-state index contributed by atoms with van der Waals surface area (Å²) in [6.45, 7) is 2.03. The van der Waals surface area contributed by atoms with Crippen molar-refractivity contribution in [2.75, 3.05) is 0 Å². The van der Waals surface area contributed by atoms with Gasteiger partial charge in [0.25, 0.3) is 0 Å². The number of hydrogen-bond donors (Lipinski definition) is 1. The van der Waals surface area contributed by atoms with Gasteiger partial charge in [-0.25, -0.2) is 4.99 Å². The van der Waals surface area contributed by atoms with Gasteiger partial charge in [0.1, 0.15) is 0 Å². The number of amidine groups is 1. The molecule has 3 nitrogen and oxygen atoms in total. The fourth-order valence-electron chi connectivity index (χ4n) is 2.19. The minimum absolute atomic E-state index is 0.0178. The lowest BCUT2D eigenvalue weighted by Crippen LogP contribution is -2.26. The molecule has 1 fully saturated rings. The maximum absolute atomic E-state index is 12.1. The molecule has 0 bridgehead atoms. The highest BCUT2D eigenvalue weighted by molar-refractivity contribution is 8.15. The number of halogens is 1. The first-order chi connectivity index (χ1) is 10.6. The van der Waals surface area contributed by atoms with Crippen molar-refractivity contribution in [2.45, 2.75) is 18.6 Å². The maximum atomic E-state index is 12.1. The number of aliphatic imine (C=N–C) groups is 1. The third-order valence-electron chi connectivity index (χ3n) is 3.40. The molecule has 2 aromatic rings. The SMILES string of the molecule is Cc1ccc(N=C2NC(=O)[C@@H](Cc3ccccc3Cl)S2)cc1. The smallest absolute Gasteiger partial charge is 0.239 e. The summed E-state index contributed by atoms with van der Waals surface area (Å²) >= 11 is 7.61. The Hall–Kier alpha value is -1.78. The lowest BCUT2D eigenvalue weighted by atomic mass is 10.1. The molecule has 1 saturated heterocycles. The number of rotatable bonds is 3. The Morgan fingerprint density at radius 3 is 2.64 bits per heavy atom. The second kappa shape index (κ2) is 6.55. The van der Waals surface area contributed by atoms with Crippen LogP contribution in [0.2, 0.25) is 5.02 Å². The summed E-state index contributed by atoms with van der Waals surface area (Å²) in [4.78, 5) is 16.6. The summed E-state index contributed by atoms with van der Waals surface area (Å²) in [5, 5.41) is 3.99. The number of amides is 1. The first kappa shape index (κ1) is 15.1. The zero-order valence-electron chi connectivity index (χ0n) is 12.0. The average molecular weight is 331 g/mol. The van der Waals surface area contributed by atoms with Crippen molar-refractivity contribution in [1.82, 2.24) is 5.32 Å². The molecule has 0 aliphatic carbocycles. The molecule has 1 N–H and O–H groups in total. The van der Waals surface area contributed by atoms with Crippen molar-refractivity contribution in [3.63, 3.8) is 0 Å². The van der Waals surface area contributed by atoms with Crippen molar-refractivity contribution in [3.05, 3.63) is 64.7 Å². The fraction of sp³-hybridized carbons (Fsp3) is 0.176. The third kappa shape index (κ3) is 3.51. The molecule has 1 amide bonds. The van der Waals surface area contributed by atoms with Gasteiger partial charge in [-0.15, -0.1) is 0 Å². The van der Waals surface area contributed by atoms with Crippen LogP contribution in [0.3, 0.4) is 0 Å². The van der Waals surface area contributed by atoms with Gasteiger partial charge in [-0.2, -0.15) is 0 Å². The fourth-order valence-corrected chi connectivity index (χ4v) is 3.42. The highest BCUT2D eigenvalue weighted by Gasteiger charge is 2.30. The van der Waals surface area contributed by atoms with E-state index in [1.165, 1.54) is 17.3 Å². The number of nitrogens with zero attached hydrogens (tertiary/aromatic N) is 1. The van der Waals surface area contributed by atoms with Crippen LogP contribution in [-0.2, 0) is 11.2 Å². The van der Waals surface area contributed by atoms with Crippen LogP contribution in [0.4, 0.5) is 5.69 Å². The number of hydrogen-bond acceptors (Lipinski definition) is 3. The highest BCUT2D eigenvalue weighted by Crippen LogP contribution is 2.28. The summed E-state index contributed by atoms with van der Waals surface area (Å²) in [6.07, 6.45) is 0.600. The highest BCUT2D eigenvalue weighted by atomic mass is 35.5. The van der Waals surface area contributed by atoms with Crippen molar-refractivity contribution >= 4 is 40.1 Å². The van der Waals surface area contributed by atoms with E-state index >= 15 is 0 Å². The summed E-state index contributed by atoms with van der Waals surface area (Å²) in [6, 6.07) is 15.5. The molecule has 22 heavy (non-hydrogen) atoms. The molecule has 1 atom stereocenters. The van der Waals surface area contributed by atoms with E-state index in [1.807, 2.05) is 55.5 Å². The monoisotopic (exact) mass is 330 g/mol. The minimum Gasteiger partial charge on any atom is -0.304 e. The summed E-state index contributed by atoms with van der Waals surface area (Å²) in [5.41, 5.74) is 3.00. The maximum Gasteiger partial charge on any atom is 0.239 e. The number of thioether (sulfide) groups is 1. The van der Waals surface area contributed by atoms with E-state index < -0.39 is 0 Å². The number of carbonyl (C=O) groups excluding carboxylic acids is 1. The van der Waals surface area contributed by atoms with E-state index in [1.54, 1.807) is 0 Å². The molecule has 1 aliphatic rings. The molecule has 112 valence electrons. The lowest BCUT2D eigenvalue weighted by molar-refractivity contribution is -0.118. The number of nitrogens with one attached hydrogen (secondary N) is 1. The van der Waals surface area contributed by atoms with Crippen LogP contribution >= 0.6 is 23.4 Å². The number of carbonyl (C=O) groups is 1. The molecule has 1 aliphatic heterocycles. The molecule has 0 radical (unpaired) electrons. The summed E-state index contributed by atoms with van der Waals surface area (Å²) in [7, 11) is 0. The van der Waals surface area contributed by atoms with Gasteiger partial charge in [-0.1, -0.05) is 59.3 Å². The Kier molecular flexibility index (Phi) is 4.50. The van der Waals surface area contributed by atoms with Gasteiger partial charge in [-0.05, 0) is 37.1 Å². The third-order valence-corrected chi connectivity index (χ3v) is 4.85. The molecule has 0 unspecified atom stereocenters. The Bertz CT molecular complexity index is 728. The topological polar surface area (TPSA) is 41.5 Å². The predicted octanol–water partition coefficient (Wildman–Crippen LogP) is 4.11. The van der Waals surface area contributed by atoms with E-state index in [9.17, 15) is 4.79 Å². The molecule has 3 rings (SSSR count). The lowest BCUT2D eigenvalue weighted by Gasteiger charge is -2.06. The van der Waals surface area contributed by atoms with Crippen LogP contribution in [0.15, 0.2) is 53.5 Å². The molecular weight excluding hydrogens is 316 g/mol. The Balaban J connectivity index is 1.73. The first-order valence-corrected chi connectivity index (χ1v) is 8.24. The van der Waals surface area contributed by atoms with Crippen LogP contribution in [0.5, 0.6) is 0 Å². The average Bonchev–Trinajstić information content (AvgIpc) is 2.84. The quantitative estimate of drug-likeness (QED) is 0.920. The first-order valence-electron chi connectivity index (χ1n) is 6.98. The molecule has 2 aromatic carbocycles. The van der Waals surface area contributed by atoms with Crippen LogP contribution in [0.25, 0.3) is 0 Å². The van der Waals surface area contributed by atoms with E-state index in [4.69, 9.17) is 11.6 Å². The van der Waals surface area contributed by atoms with Crippen LogP contribution in [0, 0.1) is 6.92 Å². The van der Waals surface area contributed by atoms with E-state index in [0.29, 0.717) is 16.6 Å². The standard InChI is InChI=1S/C17H15ClN2OS/c1-11-6-8-13(9-7-11)19-17-20-16(21)15(22-17)10-12-4-2-3-5-14(12)18/h2-9,15H,10H2,1H3,(H,19,20,21)/t15-/m1/s1. The zero-order valence-corrected chi connectivity index (χ0v) is 13.6. The molecule has 0 aromatic heterocycles.